The summed E-state index contributed by atoms with van der Waals surface area (Å²) in [6.07, 6.45) is 0.873. The van der Waals surface area contributed by atoms with Crippen LogP contribution in [0.1, 0.15) is 27.0 Å². The maximum atomic E-state index is 12.1. The van der Waals surface area contributed by atoms with Crippen molar-refractivity contribution in [2.45, 2.75) is 6.42 Å². The molecule has 0 saturated carbocycles. The number of fused-ring (bicyclic) bond motifs is 2. The SMILES string of the molecule is C=O.O=C1c2ccccc2Cc2ccccc21. The van der Waals surface area contributed by atoms with E-state index in [0.717, 1.165) is 28.7 Å². The van der Waals surface area contributed by atoms with Crippen molar-refractivity contribution in [3.8, 4) is 0 Å². The lowest BCUT2D eigenvalue weighted by Gasteiger charge is -2.17. The van der Waals surface area contributed by atoms with Gasteiger partial charge in [0, 0.05) is 11.1 Å². The molecule has 1 aliphatic rings. The van der Waals surface area contributed by atoms with Crippen LogP contribution in [0.4, 0.5) is 0 Å². The quantitative estimate of drug-likeness (QED) is 0.588. The van der Waals surface area contributed by atoms with Crippen LogP contribution in [-0.4, -0.2) is 12.6 Å². The predicted octanol–water partition coefficient (Wildman–Crippen LogP) is 2.64. The number of carbonyl (C=O) groups is 2. The molecular formula is C15H12O2. The molecule has 2 aromatic carbocycles. The van der Waals surface area contributed by atoms with Crippen LogP contribution in [-0.2, 0) is 11.2 Å². The van der Waals surface area contributed by atoms with Gasteiger partial charge in [-0.3, -0.25) is 4.79 Å². The summed E-state index contributed by atoms with van der Waals surface area (Å²) in [4.78, 5) is 20.1. The lowest BCUT2D eigenvalue weighted by Crippen LogP contribution is -2.14. The predicted molar refractivity (Wildman–Crippen MR) is 66.2 cm³/mol. The van der Waals surface area contributed by atoms with Crippen molar-refractivity contribution in [3.63, 3.8) is 0 Å². The first-order chi connectivity index (χ1) is 8.36. The third-order valence-electron chi connectivity index (χ3n) is 2.90. The average molecular weight is 224 g/mol. The number of ketones is 1. The molecule has 0 radical (unpaired) electrons. The van der Waals surface area contributed by atoms with E-state index in [4.69, 9.17) is 4.79 Å². The maximum absolute atomic E-state index is 12.1. The fourth-order valence-electron chi connectivity index (χ4n) is 2.14. The van der Waals surface area contributed by atoms with Crippen LogP contribution >= 0.6 is 0 Å². The van der Waals surface area contributed by atoms with E-state index in [1.165, 1.54) is 0 Å². The number of hydrogen-bond donors (Lipinski definition) is 0. The Kier molecular flexibility index (Phi) is 3.15. The zero-order chi connectivity index (χ0) is 12.3. The zero-order valence-electron chi connectivity index (χ0n) is 9.35. The van der Waals surface area contributed by atoms with E-state index < -0.39 is 0 Å². The average Bonchev–Trinajstić information content (AvgIpc) is 2.41. The van der Waals surface area contributed by atoms with Gasteiger partial charge in [0.25, 0.3) is 0 Å². The molecule has 0 fully saturated rings. The lowest BCUT2D eigenvalue weighted by molar-refractivity contribution is -0.0979. The molecule has 0 unspecified atom stereocenters. The van der Waals surface area contributed by atoms with Crippen molar-refractivity contribution < 1.29 is 9.59 Å². The van der Waals surface area contributed by atoms with Gasteiger partial charge in [-0.2, -0.15) is 0 Å². The van der Waals surface area contributed by atoms with Crippen LogP contribution in [0.5, 0.6) is 0 Å². The summed E-state index contributed by atoms with van der Waals surface area (Å²) >= 11 is 0. The second kappa shape index (κ2) is 4.74. The molecule has 84 valence electrons. The highest BCUT2D eigenvalue weighted by Gasteiger charge is 2.21. The van der Waals surface area contributed by atoms with Crippen LogP contribution in [0.15, 0.2) is 48.5 Å². The molecule has 0 atom stereocenters. The molecule has 0 aromatic heterocycles. The highest BCUT2D eigenvalue weighted by molar-refractivity contribution is 6.12. The van der Waals surface area contributed by atoms with Gasteiger partial charge in [0.2, 0.25) is 0 Å². The largest absolute Gasteiger partial charge is 0.307 e. The molecule has 0 spiro atoms. The van der Waals surface area contributed by atoms with Crippen molar-refractivity contribution in [2.75, 3.05) is 0 Å². The first kappa shape index (κ1) is 11.3. The van der Waals surface area contributed by atoms with Gasteiger partial charge in [0.05, 0.1) is 0 Å². The van der Waals surface area contributed by atoms with Crippen LogP contribution < -0.4 is 0 Å². The summed E-state index contributed by atoms with van der Waals surface area (Å²) in [5.74, 6) is 0.160. The Hall–Kier alpha value is -2.22. The van der Waals surface area contributed by atoms with Gasteiger partial charge in [-0.05, 0) is 17.5 Å². The van der Waals surface area contributed by atoms with E-state index in [0.29, 0.717) is 0 Å². The molecule has 0 saturated heterocycles. The van der Waals surface area contributed by atoms with E-state index in [2.05, 4.69) is 0 Å². The first-order valence-electron chi connectivity index (χ1n) is 5.35. The van der Waals surface area contributed by atoms with E-state index >= 15 is 0 Å². The summed E-state index contributed by atoms with van der Waals surface area (Å²) in [5, 5.41) is 0. The molecule has 2 heteroatoms. The second-order valence-corrected chi connectivity index (χ2v) is 3.82. The minimum atomic E-state index is 0.160. The van der Waals surface area contributed by atoms with Crippen molar-refractivity contribution in [1.29, 1.82) is 0 Å². The lowest BCUT2D eigenvalue weighted by atomic mass is 9.85. The molecule has 17 heavy (non-hydrogen) atoms. The molecule has 0 N–H and O–H groups in total. The van der Waals surface area contributed by atoms with Gasteiger partial charge < -0.3 is 4.79 Å². The second-order valence-electron chi connectivity index (χ2n) is 3.82. The normalized spacial score (nSPS) is 11.9. The Morgan fingerprint density at radius 1 is 0.765 bits per heavy atom. The van der Waals surface area contributed by atoms with Gasteiger partial charge >= 0.3 is 0 Å². The van der Waals surface area contributed by atoms with E-state index in [1.54, 1.807) is 0 Å². The Bertz CT molecular complexity index is 511. The molecule has 0 heterocycles. The molecule has 0 amide bonds. The number of rotatable bonds is 0. The van der Waals surface area contributed by atoms with Gasteiger partial charge in [0.15, 0.2) is 5.78 Å². The standard InChI is InChI=1S/C14H10O.CH2O/c15-14-12-7-3-1-5-10(12)9-11-6-2-4-8-13(11)14;1-2/h1-8H,9H2;1H2. The molecular weight excluding hydrogens is 212 g/mol. The van der Waals surface area contributed by atoms with Crippen molar-refractivity contribution >= 4 is 12.6 Å². The van der Waals surface area contributed by atoms with Crippen molar-refractivity contribution in [1.82, 2.24) is 0 Å². The van der Waals surface area contributed by atoms with Crippen LogP contribution in [0.2, 0.25) is 0 Å². The Morgan fingerprint density at radius 2 is 1.18 bits per heavy atom. The van der Waals surface area contributed by atoms with Gasteiger partial charge in [-0.1, -0.05) is 48.5 Å². The third-order valence-corrected chi connectivity index (χ3v) is 2.90. The molecule has 0 bridgehead atoms. The van der Waals surface area contributed by atoms with Gasteiger partial charge in [-0.15, -0.1) is 0 Å². The Balaban J connectivity index is 0.000000514. The zero-order valence-corrected chi connectivity index (χ0v) is 9.35. The highest BCUT2D eigenvalue weighted by atomic mass is 16.1. The van der Waals surface area contributed by atoms with Crippen LogP contribution in [0, 0.1) is 0 Å². The molecule has 1 aliphatic carbocycles. The summed E-state index contributed by atoms with van der Waals surface area (Å²) in [7, 11) is 0. The molecule has 2 aromatic rings. The first-order valence-corrected chi connectivity index (χ1v) is 5.35. The third kappa shape index (κ3) is 1.89. The van der Waals surface area contributed by atoms with Crippen LogP contribution in [0.25, 0.3) is 0 Å². The fourth-order valence-corrected chi connectivity index (χ4v) is 2.14. The molecule has 3 rings (SSSR count). The van der Waals surface area contributed by atoms with Crippen molar-refractivity contribution in [3.05, 3.63) is 70.8 Å². The minimum Gasteiger partial charge on any atom is -0.307 e. The summed E-state index contributed by atoms with van der Waals surface area (Å²) < 4.78 is 0. The van der Waals surface area contributed by atoms with Crippen LogP contribution in [0.3, 0.4) is 0 Å². The van der Waals surface area contributed by atoms with E-state index in [1.807, 2.05) is 55.3 Å². The Morgan fingerprint density at radius 3 is 1.65 bits per heavy atom. The Labute approximate surface area is 99.9 Å². The van der Waals surface area contributed by atoms with E-state index in [-0.39, 0.29) is 5.78 Å². The number of benzene rings is 2. The summed E-state index contributed by atoms with van der Waals surface area (Å²) in [5.41, 5.74) is 4.00. The number of carbonyl (C=O) groups excluding carboxylic acids is 2. The maximum Gasteiger partial charge on any atom is 0.193 e. The smallest absolute Gasteiger partial charge is 0.193 e. The van der Waals surface area contributed by atoms with E-state index in [9.17, 15) is 4.79 Å². The molecule has 0 aliphatic heterocycles. The minimum absolute atomic E-state index is 0.160. The van der Waals surface area contributed by atoms with Crippen molar-refractivity contribution in [2.24, 2.45) is 0 Å². The number of hydrogen-bond acceptors (Lipinski definition) is 2. The van der Waals surface area contributed by atoms with Gasteiger partial charge in [0.1, 0.15) is 6.79 Å². The topological polar surface area (TPSA) is 34.1 Å². The monoisotopic (exact) mass is 224 g/mol. The molecule has 2 nitrogen and oxygen atoms in total. The summed E-state index contributed by atoms with van der Waals surface area (Å²) in [6, 6.07) is 15.7. The fraction of sp³-hybridized carbons (Fsp3) is 0.0667. The summed E-state index contributed by atoms with van der Waals surface area (Å²) in [6.45, 7) is 2.00. The van der Waals surface area contributed by atoms with Gasteiger partial charge in [-0.25, -0.2) is 0 Å². The highest BCUT2D eigenvalue weighted by Crippen LogP contribution is 2.26.